The van der Waals surface area contributed by atoms with Crippen molar-refractivity contribution in [2.24, 2.45) is 11.8 Å². The molecule has 180 valence electrons. The van der Waals surface area contributed by atoms with Crippen molar-refractivity contribution in [2.45, 2.75) is 50.8 Å². The number of hydrogen-bond donors (Lipinski definition) is 1. The van der Waals surface area contributed by atoms with Crippen LogP contribution < -0.4 is 10.2 Å². The minimum absolute atomic E-state index is 0.228. The van der Waals surface area contributed by atoms with Gasteiger partial charge in [-0.15, -0.1) is 11.3 Å². The lowest BCUT2D eigenvalue weighted by atomic mass is 9.98. The van der Waals surface area contributed by atoms with E-state index in [0.717, 1.165) is 50.9 Å². The van der Waals surface area contributed by atoms with Gasteiger partial charge in [-0.2, -0.15) is 4.31 Å². The molecule has 0 radical (unpaired) electrons. The Hall–Kier alpha value is -1.90. The first-order valence-corrected chi connectivity index (χ1v) is 14.4. The molecule has 1 aromatic heterocycles. The molecule has 2 aromatic rings. The third-order valence-corrected chi connectivity index (χ3v) is 9.81. The number of nitrogens with zero attached hydrogens (tertiary/aromatic N) is 2. The maximum Gasteiger partial charge on any atom is 0.251 e. The molecule has 0 atom stereocenters. The van der Waals surface area contributed by atoms with E-state index in [1.807, 2.05) is 17.5 Å². The van der Waals surface area contributed by atoms with E-state index >= 15 is 0 Å². The normalized spacial score (nSPS) is 19.0. The zero-order valence-corrected chi connectivity index (χ0v) is 21.3. The minimum Gasteiger partial charge on any atom is -0.370 e. The lowest BCUT2D eigenvalue weighted by Gasteiger charge is -2.35. The molecule has 8 heteroatoms. The number of hydrogen-bond acceptors (Lipinski definition) is 5. The number of rotatable bonds is 7. The van der Waals surface area contributed by atoms with E-state index in [2.05, 4.69) is 30.1 Å². The highest BCUT2D eigenvalue weighted by molar-refractivity contribution is 7.89. The third kappa shape index (κ3) is 5.78. The van der Waals surface area contributed by atoms with Gasteiger partial charge in [0.15, 0.2) is 0 Å². The summed E-state index contributed by atoms with van der Waals surface area (Å²) in [6.45, 7) is 7.70. The molecule has 0 aliphatic carbocycles. The van der Waals surface area contributed by atoms with Crippen molar-refractivity contribution in [3.8, 4) is 0 Å². The van der Waals surface area contributed by atoms with Crippen molar-refractivity contribution >= 4 is 33.0 Å². The summed E-state index contributed by atoms with van der Waals surface area (Å²) in [7, 11) is -3.68. The lowest BCUT2D eigenvalue weighted by Crippen LogP contribution is -2.40. The van der Waals surface area contributed by atoms with Crippen molar-refractivity contribution in [3.63, 3.8) is 0 Å². The standard InChI is InChI=1S/C25H35N3O3S2/c1-19-8-13-27(14-9-19)23-6-5-21(25(29)26-12-7-22-4-3-17-32-22)18-24(23)33(30,31)28-15-10-20(2)11-16-28/h3-6,17-20H,7-16H2,1-2H3,(H,26,29). The van der Waals surface area contributed by atoms with Crippen molar-refractivity contribution in [3.05, 3.63) is 46.2 Å². The van der Waals surface area contributed by atoms with Crippen LogP contribution in [0.2, 0.25) is 0 Å². The smallest absolute Gasteiger partial charge is 0.251 e. The number of nitrogens with one attached hydrogen (secondary N) is 1. The Balaban J connectivity index is 1.58. The zero-order chi connectivity index (χ0) is 23.4. The first kappa shape index (κ1) is 24.2. The number of carbonyl (C=O) groups is 1. The molecule has 0 unspecified atom stereocenters. The Morgan fingerprint density at radius 3 is 2.33 bits per heavy atom. The average Bonchev–Trinajstić information content (AvgIpc) is 3.33. The first-order chi connectivity index (χ1) is 15.8. The second-order valence-corrected chi connectivity index (χ2v) is 12.5. The highest BCUT2D eigenvalue weighted by Gasteiger charge is 2.32. The molecule has 1 aromatic carbocycles. The summed E-state index contributed by atoms with van der Waals surface area (Å²) in [5.74, 6) is 0.965. The highest BCUT2D eigenvalue weighted by Crippen LogP contribution is 2.33. The Morgan fingerprint density at radius 1 is 1.03 bits per heavy atom. The van der Waals surface area contributed by atoms with E-state index in [9.17, 15) is 13.2 Å². The van der Waals surface area contributed by atoms with Crippen molar-refractivity contribution in [2.75, 3.05) is 37.6 Å². The molecule has 2 saturated heterocycles. The number of thiophene rings is 1. The fourth-order valence-electron chi connectivity index (χ4n) is 4.59. The summed E-state index contributed by atoms with van der Waals surface area (Å²) in [6.07, 6.45) is 4.61. The van der Waals surface area contributed by atoms with Gasteiger partial charge in [0.05, 0.1) is 5.69 Å². The van der Waals surface area contributed by atoms with Crippen LogP contribution in [-0.4, -0.2) is 51.4 Å². The Labute approximate surface area is 202 Å². The number of anilines is 1. The van der Waals surface area contributed by atoms with Crippen molar-refractivity contribution in [1.82, 2.24) is 9.62 Å². The molecule has 2 fully saturated rings. The summed E-state index contributed by atoms with van der Waals surface area (Å²) in [5, 5.41) is 4.98. The molecule has 1 amide bonds. The van der Waals surface area contributed by atoms with Crippen LogP contribution >= 0.6 is 11.3 Å². The molecule has 0 saturated carbocycles. The lowest BCUT2D eigenvalue weighted by molar-refractivity contribution is 0.0954. The van der Waals surface area contributed by atoms with E-state index < -0.39 is 10.0 Å². The molecule has 4 rings (SSSR count). The van der Waals surface area contributed by atoms with Gasteiger partial charge in [-0.3, -0.25) is 4.79 Å². The quantitative estimate of drug-likeness (QED) is 0.627. The Bertz CT molecular complexity index is 1040. The fraction of sp³-hybridized carbons (Fsp3) is 0.560. The van der Waals surface area contributed by atoms with E-state index in [-0.39, 0.29) is 10.8 Å². The van der Waals surface area contributed by atoms with E-state index in [1.54, 1.807) is 27.8 Å². The number of carbonyl (C=O) groups excluding carboxylic acids is 1. The predicted octanol–water partition coefficient (Wildman–Crippen LogP) is 4.38. The SMILES string of the molecule is CC1CCN(c2ccc(C(=O)NCCc3cccs3)cc2S(=O)(=O)N2CCC(C)CC2)CC1. The molecule has 2 aliphatic rings. The topological polar surface area (TPSA) is 69.7 Å². The number of piperidine rings is 2. The molecule has 0 spiro atoms. The van der Waals surface area contributed by atoms with Crippen molar-refractivity contribution < 1.29 is 13.2 Å². The van der Waals surface area contributed by atoms with E-state index in [4.69, 9.17) is 0 Å². The maximum absolute atomic E-state index is 13.7. The van der Waals surface area contributed by atoms with Crippen LogP contribution in [0.25, 0.3) is 0 Å². The highest BCUT2D eigenvalue weighted by atomic mass is 32.2. The Kier molecular flexibility index (Phi) is 7.76. The van der Waals surface area contributed by atoms with E-state index in [1.165, 1.54) is 4.88 Å². The predicted molar refractivity (Wildman–Crippen MR) is 135 cm³/mol. The molecule has 2 aliphatic heterocycles. The van der Waals surface area contributed by atoms with Gasteiger partial charge in [-0.05, 0) is 73.6 Å². The average molecular weight is 490 g/mol. The molecular formula is C25H35N3O3S2. The van der Waals surface area contributed by atoms with Crippen LogP contribution in [-0.2, 0) is 16.4 Å². The second kappa shape index (κ2) is 10.6. The molecular weight excluding hydrogens is 454 g/mol. The molecule has 33 heavy (non-hydrogen) atoms. The summed E-state index contributed by atoms with van der Waals surface area (Å²) in [5.41, 5.74) is 1.13. The van der Waals surface area contributed by atoms with Crippen LogP contribution in [0.3, 0.4) is 0 Å². The van der Waals surface area contributed by atoms with Gasteiger partial charge in [-0.25, -0.2) is 8.42 Å². The molecule has 1 N–H and O–H groups in total. The van der Waals surface area contributed by atoms with Gasteiger partial charge in [0.1, 0.15) is 4.90 Å². The van der Waals surface area contributed by atoms with Gasteiger partial charge in [0.2, 0.25) is 10.0 Å². The summed E-state index contributed by atoms with van der Waals surface area (Å²) in [6, 6.07) is 9.26. The first-order valence-electron chi connectivity index (χ1n) is 12.0. The third-order valence-electron chi connectivity index (χ3n) is 6.94. The van der Waals surface area contributed by atoms with Crippen LogP contribution in [0, 0.1) is 11.8 Å². The summed E-state index contributed by atoms with van der Waals surface area (Å²) < 4.78 is 29.1. The van der Waals surface area contributed by atoms with Gasteiger partial charge in [0.25, 0.3) is 5.91 Å². The minimum atomic E-state index is -3.68. The summed E-state index contributed by atoms with van der Waals surface area (Å²) >= 11 is 1.67. The van der Waals surface area contributed by atoms with Gasteiger partial charge >= 0.3 is 0 Å². The largest absolute Gasteiger partial charge is 0.370 e. The number of sulfonamides is 1. The number of benzene rings is 1. The summed E-state index contributed by atoms with van der Waals surface area (Å²) in [4.78, 5) is 16.5. The zero-order valence-electron chi connectivity index (χ0n) is 19.6. The van der Waals surface area contributed by atoms with Gasteiger partial charge in [-0.1, -0.05) is 19.9 Å². The maximum atomic E-state index is 13.7. The molecule has 0 bridgehead atoms. The van der Waals surface area contributed by atoms with Gasteiger partial charge in [0, 0.05) is 43.2 Å². The fourth-order valence-corrected chi connectivity index (χ4v) is 7.01. The van der Waals surface area contributed by atoms with Crippen LogP contribution in [0.5, 0.6) is 0 Å². The van der Waals surface area contributed by atoms with E-state index in [0.29, 0.717) is 37.0 Å². The van der Waals surface area contributed by atoms with Crippen molar-refractivity contribution in [1.29, 1.82) is 0 Å². The van der Waals surface area contributed by atoms with Crippen LogP contribution in [0.4, 0.5) is 5.69 Å². The van der Waals surface area contributed by atoms with Gasteiger partial charge < -0.3 is 10.2 Å². The van der Waals surface area contributed by atoms with Crippen LogP contribution in [0.1, 0.15) is 54.8 Å². The second-order valence-electron chi connectivity index (χ2n) is 9.52. The monoisotopic (exact) mass is 489 g/mol. The van der Waals surface area contributed by atoms with Crippen LogP contribution in [0.15, 0.2) is 40.6 Å². The molecule has 6 nitrogen and oxygen atoms in total. The number of amides is 1. The molecule has 3 heterocycles. The Morgan fingerprint density at radius 2 is 1.70 bits per heavy atom.